The van der Waals surface area contributed by atoms with Gasteiger partial charge in [-0.3, -0.25) is 19.5 Å². The molecule has 1 saturated heterocycles. The Labute approximate surface area is 215 Å². The molecule has 4 rings (SSSR count). The van der Waals surface area contributed by atoms with Crippen LogP contribution in [0.2, 0.25) is 0 Å². The maximum atomic E-state index is 13.3. The maximum Gasteiger partial charge on any atom is 0.338 e. The van der Waals surface area contributed by atoms with Crippen LogP contribution in [0.15, 0.2) is 78.6 Å². The summed E-state index contributed by atoms with van der Waals surface area (Å²) in [7, 11) is 0. The Hall–Kier alpha value is -4.46. The van der Waals surface area contributed by atoms with E-state index < -0.39 is 23.7 Å². The molecular weight excluding hydrogens is 472 g/mol. The van der Waals surface area contributed by atoms with Crippen molar-refractivity contribution in [1.29, 1.82) is 0 Å². The van der Waals surface area contributed by atoms with Gasteiger partial charge in [-0.2, -0.15) is 0 Å². The van der Waals surface area contributed by atoms with Gasteiger partial charge in [0, 0.05) is 23.6 Å². The summed E-state index contributed by atoms with van der Waals surface area (Å²) in [6.07, 6.45) is 3.75. The number of carbonyl (C=O) groups is 3. The quantitative estimate of drug-likeness (QED) is 0.199. The molecule has 1 aromatic heterocycles. The van der Waals surface area contributed by atoms with Gasteiger partial charge in [-0.05, 0) is 68.3 Å². The topological polar surface area (TPSA) is 106 Å². The molecule has 2 heterocycles. The van der Waals surface area contributed by atoms with Gasteiger partial charge < -0.3 is 14.6 Å². The number of aliphatic hydroxyl groups is 1. The molecule has 1 N–H and O–H groups in total. The van der Waals surface area contributed by atoms with Crippen molar-refractivity contribution in [2.24, 2.45) is 0 Å². The Morgan fingerprint density at radius 2 is 1.81 bits per heavy atom. The average Bonchev–Trinajstić information content (AvgIpc) is 3.17. The van der Waals surface area contributed by atoms with Crippen molar-refractivity contribution < 1.29 is 29.0 Å². The van der Waals surface area contributed by atoms with Gasteiger partial charge >= 0.3 is 5.97 Å². The van der Waals surface area contributed by atoms with Gasteiger partial charge in [0.05, 0.1) is 29.9 Å². The second-order valence-corrected chi connectivity index (χ2v) is 8.83. The van der Waals surface area contributed by atoms with Crippen molar-refractivity contribution in [3.05, 3.63) is 95.3 Å². The van der Waals surface area contributed by atoms with E-state index in [-0.39, 0.29) is 17.4 Å². The minimum absolute atomic E-state index is 0.0638. The lowest BCUT2D eigenvalue weighted by Crippen LogP contribution is -2.29. The van der Waals surface area contributed by atoms with Crippen LogP contribution in [0.4, 0.5) is 5.69 Å². The molecule has 1 unspecified atom stereocenters. The van der Waals surface area contributed by atoms with Crippen molar-refractivity contribution in [3.63, 3.8) is 0 Å². The number of anilines is 1. The number of hydrogen-bond donors (Lipinski definition) is 1. The van der Waals surface area contributed by atoms with Crippen LogP contribution in [-0.4, -0.2) is 40.5 Å². The number of ketones is 1. The van der Waals surface area contributed by atoms with Gasteiger partial charge in [-0.25, -0.2) is 4.79 Å². The van der Waals surface area contributed by atoms with E-state index in [1.807, 2.05) is 20.8 Å². The Morgan fingerprint density at radius 1 is 1.05 bits per heavy atom. The fourth-order valence-electron chi connectivity index (χ4n) is 4.13. The molecule has 0 bridgehead atoms. The predicted octanol–water partition coefficient (Wildman–Crippen LogP) is 5.06. The van der Waals surface area contributed by atoms with E-state index in [2.05, 4.69) is 4.98 Å². The molecule has 0 spiro atoms. The lowest BCUT2D eigenvalue weighted by atomic mass is 9.96. The molecule has 1 atom stereocenters. The first-order valence-electron chi connectivity index (χ1n) is 12.1. The zero-order valence-corrected chi connectivity index (χ0v) is 20.9. The number of rotatable bonds is 8. The predicted molar refractivity (Wildman–Crippen MR) is 138 cm³/mol. The molecule has 37 heavy (non-hydrogen) atoms. The van der Waals surface area contributed by atoms with Crippen molar-refractivity contribution in [1.82, 2.24) is 4.98 Å². The molecule has 1 fully saturated rings. The van der Waals surface area contributed by atoms with E-state index in [0.717, 1.165) is 0 Å². The highest BCUT2D eigenvalue weighted by Gasteiger charge is 2.47. The molecule has 8 nitrogen and oxygen atoms in total. The van der Waals surface area contributed by atoms with E-state index in [1.165, 1.54) is 4.90 Å². The smallest absolute Gasteiger partial charge is 0.338 e. The van der Waals surface area contributed by atoms with E-state index in [0.29, 0.717) is 41.2 Å². The summed E-state index contributed by atoms with van der Waals surface area (Å²) in [5.41, 5.74) is 1.54. The average molecular weight is 501 g/mol. The minimum Gasteiger partial charge on any atom is -0.507 e. The number of Topliss-reactive ketones (excluding diaryl/α,β-unsaturated/α-hetero) is 1. The highest BCUT2D eigenvalue weighted by molar-refractivity contribution is 6.51. The molecule has 0 radical (unpaired) electrons. The standard InChI is InChI=1S/C29H28N2O6/c1-4-15-36-29(35)19-10-12-22(13-11-19)31-25(21-8-6-14-30-17-21)24(27(33)28(31)34)26(32)20-7-5-9-23(16-20)37-18(2)3/h5-14,16-18,25,32H,4,15H2,1-3H3/b26-24+. The summed E-state index contributed by atoms with van der Waals surface area (Å²) in [6, 6.07) is 15.5. The van der Waals surface area contributed by atoms with Crippen LogP contribution in [0.3, 0.4) is 0 Å². The second-order valence-electron chi connectivity index (χ2n) is 8.83. The zero-order chi connectivity index (χ0) is 26.5. The number of ether oxygens (including phenoxy) is 2. The lowest BCUT2D eigenvalue weighted by Gasteiger charge is -2.25. The number of amides is 1. The molecule has 8 heteroatoms. The molecule has 1 aliphatic rings. The van der Waals surface area contributed by atoms with Crippen LogP contribution in [0.1, 0.15) is 54.7 Å². The van der Waals surface area contributed by atoms with Crippen LogP contribution in [0.25, 0.3) is 5.76 Å². The van der Waals surface area contributed by atoms with Crippen LogP contribution < -0.4 is 9.64 Å². The lowest BCUT2D eigenvalue weighted by molar-refractivity contribution is -0.132. The Bertz CT molecular complexity index is 1330. The first-order chi connectivity index (χ1) is 17.8. The van der Waals surface area contributed by atoms with Crippen LogP contribution >= 0.6 is 0 Å². The minimum atomic E-state index is -0.929. The molecule has 2 aromatic carbocycles. The SMILES string of the molecule is CCCOC(=O)c1ccc(N2C(=O)C(=O)/C(=C(/O)c3cccc(OC(C)C)c3)C2c2cccnc2)cc1. The van der Waals surface area contributed by atoms with E-state index in [4.69, 9.17) is 9.47 Å². The van der Waals surface area contributed by atoms with Crippen LogP contribution in [-0.2, 0) is 14.3 Å². The van der Waals surface area contributed by atoms with Gasteiger partial charge in [-0.1, -0.05) is 25.1 Å². The molecular formula is C29H28N2O6. The highest BCUT2D eigenvalue weighted by Crippen LogP contribution is 2.42. The van der Waals surface area contributed by atoms with Crippen molar-refractivity contribution in [2.45, 2.75) is 39.3 Å². The number of pyridine rings is 1. The van der Waals surface area contributed by atoms with Crippen molar-refractivity contribution in [3.8, 4) is 5.75 Å². The molecule has 1 aliphatic heterocycles. The Morgan fingerprint density at radius 3 is 2.46 bits per heavy atom. The maximum absolute atomic E-state index is 13.3. The summed E-state index contributed by atoms with van der Waals surface area (Å²) in [5.74, 6) is -1.89. The summed E-state index contributed by atoms with van der Waals surface area (Å²) in [6.45, 7) is 5.98. The number of hydrogen-bond acceptors (Lipinski definition) is 7. The van der Waals surface area contributed by atoms with Gasteiger partial charge in [0.25, 0.3) is 11.7 Å². The monoisotopic (exact) mass is 500 g/mol. The first-order valence-corrected chi connectivity index (χ1v) is 12.1. The zero-order valence-electron chi connectivity index (χ0n) is 20.9. The van der Waals surface area contributed by atoms with Crippen molar-refractivity contribution in [2.75, 3.05) is 11.5 Å². The second kappa shape index (κ2) is 11.1. The molecule has 0 saturated carbocycles. The van der Waals surface area contributed by atoms with E-state index in [9.17, 15) is 19.5 Å². The summed E-state index contributed by atoms with van der Waals surface area (Å²) in [5, 5.41) is 11.3. The van der Waals surface area contributed by atoms with Gasteiger partial charge in [0.1, 0.15) is 11.5 Å². The molecule has 190 valence electrons. The number of carbonyl (C=O) groups excluding carboxylic acids is 3. The third kappa shape index (κ3) is 5.38. The number of esters is 1. The number of nitrogens with zero attached hydrogens (tertiary/aromatic N) is 2. The fourth-order valence-corrected chi connectivity index (χ4v) is 4.13. The van der Waals surface area contributed by atoms with Gasteiger partial charge in [0.15, 0.2) is 0 Å². The summed E-state index contributed by atoms with van der Waals surface area (Å²) in [4.78, 5) is 44.3. The highest BCUT2D eigenvalue weighted by atomic mass is 16.5. The molecule has 1 amide bonds. The summed E-state index contributed by atoms with van der Waals surface area (Å²) >= 11 is 0. The van der Waals surface area contributed by atoms with Gasteiger partial charge in [0.2, 0.25) is 0 Å². The van der Waals surface area contributed by atoms with Crippen molar-refractivity contribution >= 4 is 29.1 Å². The normalized spacial score (nSPS) is 16.8. The summed E-state index contributed by atoms with van der Waals surface area (Å²) < 4.78 is 10.9. The third-order valence-electron chi connectivity index (χ3n) is 5.74. The number of aromatic nitrogens is 1. The Kier molecular flexibility index (Phi) is 7.67. The van der Waals surface area contributed by atoms with Gasteiger partial charge in [-0.15, -0.1) is 0 Å². The Balaban J connectivity index is 1.79. The molecule has 0 aliphatic carbocycles. The van der Waals surface area contributed by atoms with Crippen LogP contribution in [0, 0.1) is 0 Å². The largest absolute Gasteiger partial charge is 0.507 e. The van der Waals surface area contributed by atoms with E-state index in [1.54, 1.807) is 73.1 Å². The number of benzene rings is 2. The third-order valence-corrected chi connectivity index (χ3v) is 5.74. The van der Waals surface area contributed by atoms with Crippen LogP contribution in [0.5, 0.6) is 5.75 Å². The molecule has 3 aromatic rings. The van der Waals surface area contributed by atoms with E-state index >= 15 is 0 Å². The fraction of sp³-hybridized carbons (Fsp3) is 0.241. The number of aliphatic hydroxyl groups excluding tert-OH is 1. The first kappa shape index (κ1) is 25.6.